The third-order valence-electron chi connectivity index (χ3n) is 6.53. The van der Waals surface area contributed by atoms with Gasteiger partial charge in [0.15, 0.2) is 0 Å². The molecule has 0 unspecified atom stereocenters. The van der Waals surface area contributed by atoms with Crippen LogP contribution in [0.4, 0.5) is 10.5 Å². The van der Waals surface area contributed by atoms with Crippen molar-refractivity contribution in [3.05, 3.63) is 95.6 Å². The number of unbranched alkanes of at least 4 members (excludes halogenated alkanes) is 1. The van der Waals surface area contributed by atoms with E-state index in [1.165, 1.54) is 5.17 Å². The second kappa shape index (κ2) is 15.7. The van der Waals surface area contributed by atoms with Crippen molar-refractivity contribution in [1.82, 2.24) is 10.0 Å². The van der Waals surface area contributed by atoms with Crippen LogP contribution in [0.15, 0.2) is 83.8 Å². The number of nitrogens with one attached hydrogen (secondary N) is 1. The van der Waals surface area contributed by atoms with Gasteiger partial charge in [-0.2, -0.15) is 0 Å². The van der Waals surface area contributed by atoms with Crippen molar-refractivity contribution < 1.29 is 22.8 Å². The minimum Gasteiger partial charge on any atom is -0.444 e. The zero-order valence-corrected chi connectivity index (χ0v) is 25.6. The van der Waals surface area contributed by atoms with E-state index in [0.29, 0.717) is 12.2 Å². The van der Waals surface area contributed by atoms with E-state index in [0.717, 1.165) is 36.0 Å². The maximum absolute atomic E-state index is 13.3. The summed E-state index contributed by atoms with van der Waals surface area (Å²) in [5.41, 5.74) is 3.26. The Morgan fingerprint density at radius 1 is 0.902 bits per heavy atom. The molecule has 1 atom stereocenters. The Balaban J connectivity index is 1.82. The van der Waals surface area contributed by atoms with Crippen LogP contribution >= 0.6 is 0 Å². The van der Waals surface area contributed by atoms with Gasteiger partial charge in [0.25, 0.3) is 10.0 Å². The van der Waals surface area contributed by atoms with Crippen molar-refractivity contribution in [3.8, 4) is 0 Å². The molecule has 0 heterocycles. The fourth-order valence-corrected chi connectivity index (χ4v) is 5.29. The molecule has 0 bridgehead atoms. The van der Waals surface area contributed by atoms with Crippen molar-refractivity contribution in [3.63, 3.8) is 0 Å². The van der Waals surface area contributed by atoms with Crippen molar-refractivity contribution in [2.24, 2.45) is 5.92 Å². The number of para-hydroxylation sites is 1. The van der Waals surface area contributed by atoms with Gasteiger partial charge >= 0.3 is 6.09 Å². The van der Waals surface area contributed by atoms with Crippen LogP contribution in [-0.2, 0) is 32.8 Å². The molecule has 0 saturated carbocycles. The lowest BCUT2D eigenvalue weighted by molar-refractivity contribution is -0.212. The molecule has 3 aromatic rings. The first-order valence-corrected chi connectivity index (χ1v) is 15.7. The maximum Gasteiger partial charge on any atom is 0.414 e. The summed E-state index contributed by atoms with van der Waals surface area (Å²) in [5.74, 6) is 0.181. The number of nitrogens with zero attached hydrogens (tertiary/aromatic N) is 2. The fourth-order valence-electron chi connectivity index (χ4n) is 4.22. The SMILES string of the molecule is CCCC[C@H](C)N(NS(=O)(=O)c1ccc(C)cc1)OCc1ccccc1N(CC(C)C)C(=O)OCc1ccccc1. The first-order chi connectivity index (χ1) is 19.6. The second-order valence-corrected chi connectivity index (χ2v) is 12.3. The molecule has 9 heteroatoms. The highest BCUT2D eigenvalue weighted by atomic mass is 32.2. The number of carbonyl (C=O) groups is 1. The molecule has 222 valence electrons. The monoisotopic (exact) mass is 581 g/mol. The number of hydrogen-bond acceptors (Lipinski definition) is 6. The van der Waals surface area contributed by atoms with Crippen LogP contribution in [0.25, 0.3) is 0 Å². The van der Waals surface area contributed by atoms with E-state index in [2.05, 4.69) is 11.8 Å². The van der Waals surface area contributed by atoms with Crippen LogP contribution in [-0.4, -0.2) is 32.3 Å². The zero-order valence-electron chi connectivity index (χ0n) is 24.7. The minimum absolute atomic E-state index is 0.0453. The summed E-state index contributed by atoms with van der Waals surface area (Å²) in [5, 5.41) is 1.32. The molecule has 0 fully saturated rings. The molecule has 41 heavy (non-hydrogen) atoms. The van der Waals surface area contributed by atoms with Crippen LogP contribution in [0.3, 0.4) is 0 Å². The highest BCUT2D eigenvalue weighted by Crippen LogP contribution is 2.25. The minimum atomic E-state index is -3.87. The number of hydrogen-bond donors (Lipinski definition) is 1. The number of amides is 1. The molecule has 0 aromatic heterocycles. The smallest absolute Gasteiger partial charge is 0.414 e. The van der Waals surface area contributed by atoms with Crippen molar-refractivity contribution in [2.75, 3.05) is 11.4 Å². The highest BCUT2D eigenvalue weighted by molar-refractivity contribution is 7.89. The van der Waals surface area contributed by atoms with Gasteiger partial charge in [0.05, 0.1) is 17.2 Å². The van der Waals surface area contributed by atoms with Gasteiger partial charge in [0.2, 0.25) is 0 Å². The van der Waals surface area contributed by atoms with Gasteiger partial charge < -0.3 is 4.74 Å². The molecule has 8 nitrogen and oxygen atoms in total. The lowest BCUT2D eigenvalue weighted by atomic mass is 10.1. The highest BCUT2D eigenvalue weighted by Gasteiger charge is 2.25. The second-order valence-electron chi connectivity index (χ2n) is 10.7. The Morgan fingerprint density at radius 2 is 1.56 bits per heavy atom. The number of sulfonamides is 1. The van der Waals surface area contributed by atoms with Crippen LogP contribution in [0.1, 0.15) is 63.6 Å². The quantitative estimate of drug-likeness (QED) is 0.195. The standard InChI is InChI=1S/C32H43N3O5S/c1-6-7-13-27(5)35(33-41(37,38)30-20-18-26(4)19-21-30)40-24-29-16-11-12-17-31(29)34(22-25(2)3)32(36)39-23-28-14-9-8-10-15-28/h8-12,14-21,25,27,33H,6-7,13,22-24H2,1-5H3/t27-/m0/s1. The van der Waals surface area contributed by atoms with E-state index < -0.39 is 16.1 Å². The number of rotatable bonds is 15. The van der Waals surface area contributed by atoms with E-state index in [-0.39, 0.29) is 30.1 Å². The first-order valence-electron chi connectivity index (χ1n) is 14.2. The summed E-state index contributed by atoms with van der Waals surface area (Å²) in [7, 11) is -3.87. The molecule has 1 N–H and O–H groups in total. The van der Waals surface area contributed by atoms with E-state index >= 15 is 0 Å². The predicted octanol–water partition coefficient (Wildman–Crippen LogP) is 7.00. The predicted molar refractivity (Wildman–Crippen MR) is 162 cm³/mol. The molecule has 3 aromatic carbocycles. The summed E-state index contributed by atoms with van der Waals surface area (Å²) in [6.45, 7) is 10.6. The number of hydrazine groups is 1. The van der Waals surface area contributed by atoms with Gasteiger partial charge in [0.1, 0.15) is 6.61 Å². The summed E-state index contributed by atoms with van der Waals surface area (Å²) >= 11 is 0. The summed E-state index contributed by atoms with van der Waals surface area (Å²) in [6.07, 6.45) is 2.17. The Labute approximate surface area is 245 Å². The summed E-state index contributed by atoms with van der Waals surface area (Å²) < 4.78 is 32.1. The van der Waals surface area contributed by atoms with Crippen LogP contribution in [0, 0.1) is 12.8 Å². The Hall–Kier alpha value is -3.24. The van der Waals surface area contributed by atoms with E-state index in [4.69, 9.17) is 9.57 Å². The number of aryl methyl sites for hydroxylation is 1. The average molecular weight is 582 g/mol. The molecule has 3 rings (SSSR count). The van der Waals surface area contributed by atoms with Crippen LogP contribution < -0.4 is 9.73 Å². The van der Waals surface area contributed by atoms with Crippen LogP contribution in [0.5, 0.6) is 0 Å². The molecule has 0 aliphatic carbocycles. The molecule has 0 radical (unpaired) electrons. The number of benzene rings is 3. The average Bonchev–Trinajstić information content (AvgIpc) is 2.96. The molecule has 1 amide bonds. The first kappa shape index (κ1) is 32.3. The van der Waals surface area contributed by atoms with Crippen molar-refractivity contribution in [2.45, 2.75) is 78.0 Å². The fraction of sp³-hybridized carbons (Fsp3) is 0.406. The Bertz CT molecular complexity index is 1330. The van der Waals surface area contributed by atoms with Crippen molar-refractivity contribution >= 4 is 21.8 Å². The lowest BCUT2D eigenvalue weighted by Gasteiger charge is -2.30. The molecular formula is C32H43N3O5S. The van der Waals surface area contributed by atoms with Gasteiger partial charge in [-0.05, 0) is 49.9 Å². The molecule has 0 aliphatic heterocycles. The molecule has 0 spiro atoms. The van der Waals surface area contributed by atoms with Gasteiger partial charge in [-0.3, -0.25) is 9.74 Å². The van der Waals surface area contributed by atoms with Crippen molar-refractivity contribution in [1.29, 1.82) is 0 Å². The number of anilines is 1. The van der Waals surface area contributed by atoms with E-state index in [1.54, 1.807) is 29.2 Å². The van der Waals surface area contributed by atoms with Gasteiger partial charge in [0, 0.05) is 18.2 Å². The molecular weight excluding hydrogens is 538 g/mol. The third-order valence-corrected chi connectivity index (χ3v) is 7.85. The van der Waals surface area contributed by atoms with E-state index in [9.17, 15) is 13.2 Å². The van der Waals surface area contributed by atoms with Crippen LogP contribution in [0.2, 0.25) is 0 Å². The third kappa shape index (κ3) is 9.97. The van der Waals surface area contributed by atoms with Gasteiger partial charge in [-0.25, -0.2) is 13.2 Å². The summed E-state index contributed by atoms with van der Waals surface area (Å²) in [6, 6.07) is 23.4. The topological polar surface area (TPSA) is 88.2 Å². The van der Waals surface area contributed by atoms with E-state index in [1.807, 2.05) is 82.3 Å². The van der Waals surface area contributed by atoms with Gasteiger partial charge in [-0.15, -0.1) is 10.0 Å². The van der Waals surface area contributed by atoms with Gasteiger partial charge in [-0.1, -0.05) is 99.8 Å². The normalized spacial score (nSPS) is 12.5. The number of hydroxylamine groups is 1. The summed E-state index contributed by atoms with van der Waals surface area (Å²) in [4.78, 5) is 23.8. The maximum atomic E-state index is 13.3. The lowest BCUT2D eigenvalue weighted by Crippen LogP contribution is -2.47. The Morgan fingerprint density at radius 3 is 2.22 bits per heavy atom. The molecule has 0 saturated heterocycles. The molecule has 0 aliphatic rings. The number of carbonyl (C=O) groups excluding carboxylic acids is 1. The largest absolute Gasteiger partial charge is 0.444 e. The number of ether oxygens (including phenoxy) is 1. The Kier molecular flexibility index (Phi) is 12.3. The zero-order chi connectivity index (χ0) is 29.8.